The molecule has 2 fully saturated rings. The molecule has 3 aromatic heterocycles. The molecule has 5 rings (SSSR count). The number of halogens is 3. The first-order valence-electron chi connectivity index (χ1n) is 10.4. The topological polar surface area (TPSA) is 55.5 Å². The molecule has 0 atom stereocenters. The second-order valence-electron chi connectivity index (χ2n) is 8.75. The Morgan fingerprint density at radius 2 is 1.90 bits per heavy atom. The van der Waals surface area contributed by atoms with Gasteiger partial charge in [0.05, 0.1) is 19.4 Å². The Hall–Kier alpha value is -2.52. The van der Waals surface area contributed by atoms with Crippen molar-refractivity contribution in [1.29, 1.82) is 0 Å². The Balaban J connectivity index is 1.45. The van der Waals surface area contributed by atoms with Crippen LogP contribution in [0.3, 0.4) is 0 Å². The van der Waals surface area contributed by atoms with Crippen LogP contribution in [0.25, 0.3) is 16.8 Å². The molecule has 6 nitrogen and oxygen atoms in total. The van der Waals surface area contributed by atoms with Gasteiger partial charge in [-0.05, 0) is 57.5 Å². The summed E-state index contributed by atoms with van der Waals surface area (Å²) in [5.74, 6) is 0. The molecule has 0 radical (unpaired) electrons. The summed E-state index contributed by atoms with van der Waals surface area (Å²) in [5, 5.41) is 4.44. The van der Waals surface area contributed by atoms with Crippen molar-refractivity contribution in [3.05, 3.63) is 47.2 Å². The maximum atomic E-state index is 13.1. The van der Waals surface area contributed by atoms with E-state index in [1.807, 2.05) is 13.8 Å². The van der Waals surface area contributed by atoms with Gasteiger partial charge in [-0.1, -0.05) is 0 Å². The lowest BCUT2D eigenvalue weighted by Gasteiger charge is -2.47. The number of aryl methyl sites for hydroxylation is 2. The number of alkyl halides is 3. The van der Waals surface area contributed by atoms with Crippen LogP contribution in [0.1, 0.15) is 35.5 Å². The van der Waals surface area contributed by atoms with Gasteiger partial charge in [-0.15, -0.1) is 0 Å². The molecule has 2 aliphatic rings. The molecule has 0 bridgehead atoms. The molecule has 2 aliphatic heterocycles. The molecular weight excluding hydrogens is 407 g/mol. The van der Waals surface area contributed by atoms with Gasteiger partial charge in [-0.2, -0.15) is 18.3 Å². The van der Waals surface area contributed by atoms with Crippen LogP contribution < -0.4 is 0 Å². The maximum Gasteiger partial charge on any atom is 0.433 e. The van der Waals surface area contributed by atoms with Gasteiger partial charge in [0.15, 0.2) is 5.65 Å². The highest BCUT2D eigenvalue weighted by atomic mass is 19.4. The summed E-state index contributed by atoms with van der Waals surface area (Å²) >= 11 is 0. The first kappa shape index (κ1) is 20.4. The zero-order valence-corrected chi connectivity index (χ0v) is 17.5. The highest BCUT2D eigenvalue weighted by Crippen LogP contribution is 2.39. The predicted molar refractivity (Wildman–Crippen MR) is 108 cm³/mol. The van der Waals surface area contributed by atoms with E-state index in [1.54, 1.807) is 16.8 Å². The minimum atomic E-state index is -4.50. The van der Waals surface area contributed by atoms with E-state index in [4.69, 9.17) is 9.72 Å². The molecule has 0 aromatic carbocycles. The minimum absolute atomic E-state index is 0.388. The molecule has 0 amide bonds. The Morgan fingerprint density at radius 1 is 1.16 bits per heavy atom. The standard InChI is InChI=1S/C22H24F3N5O/c1-14-18(11-29-7-4-21(5-8-29)12-31-13-21)15(2)30-20(28-14)17(10-27-30)16-3-6-26-19(9-16)22(23,24)25/h3,6,9-10H,4-5,7-8,11-13H2,1-2H3. The summed E-state index contributed by atoms with van der Waals surface area (Å²) < 4.78 is 46.4. The molecule has 0 N–H and O–H groups in total. The summed E-state index contributed by atoms with van der Waals surface area (Å²) in [6.45, 7) is 8.57. The first-order chi connectivity index (χ1) is 14.8. The summed E-state index contributed by atoms with van der Waals surface area (Å²) in [7, 11) is 0. The molecule has 31 heavy (non-hydrogen) atoms. The van der Waals surface area contributed by atoms with Gasteiger partial charge in [0.2, 0.25) is 0 Å². The average molecular weight is 431 g/mol. The van der Waals surface area contributed by atoms with E-state index in [9.17, 15) is 13.2 Å². The number of pyridine rings is 1. The molecule has 9 heteroatoms. The lowest BCUT2D eigenvalue weighted by molar-refractivity contribution is -0.141. The van der Waals surface area contributed by atoms with E-state index in [0.717, 1.165) is 68.7 Å². The monoisotopic (exact) mass is 431 g/mol. The highest BCUT2D eigenvalue weighted by Gasteiger charge is 2.41. The number of nitrogens with zero attached hydrogens (tertiary/aromatic N) is 5. The largest absolute Gasteiger partial charge is 0.433 e. The lowest BCUT2D eigenvalue weighted by Crippen LogP contribution is -2.50. The van der Waals surface area contributed by atoms with Crippen molar-refractivity contribution in [3.63, 3.8) is 0 Å². The van der Waals surface area contributed by atoms with Gasteiger partial charge in [0, 0.05) is 40.7 Å². The average Bonchev–Trinajstić information content (AvgIpc) is 3.14. The number of fused-ring (bicyclic) bond motifs is 1. The van der Waals surface area contributed by atoms with Gasteiger partial charge in [-0.25, -0.2) is 9.50 Å². The fourth-order valence-corrected chi connectivity index (χ4v) is 4.59. The third-order valence-corrected chi connectivity index (χ3v) is 6.68. The van der Waals surface area contributed by atoms with Crippen LogP contribution in [-0.4, -0.2) is 50.8 Å². The number of piperidine rings is 1. The van der Waals surface area contributed by atoms with Crippen LogP contribution in [0.4, 0.5) is 13.2 Å². The van der Waals surface area contributed by atoms with E-state index in [2.05, 4.69) is 15.0 Å². The smallest absolute Gasteiger partial charge is 0.380 e. The number of ether oxygens (including phenoxy) is 1. The van der Waals surface area contributed by atoms with Gasteiger partial charge >= 0.3 is 6.18 Å². The van der Waals surface area contributed by atoms with Crippen molar-refractivity contribution < 1.29 is 17.9 Å². The Morgan fingerprint density at radius 3 is 2.55 bits per heavy atom. The first-order valence-corrected chi connectivity index (χ1v) is 10.4. The predicted octanol–water partition coefficient (Wildman–Crippen LogP) is 4.04. The van der Waals surface area contributed by atoms with Crippen LogP contribution in [0.15, 0.2) is 24.5 Å². The van der Waals surface area contributed by atoms with Gasteiger partial charge in [-0.3, -0.25) is 9.88 Å². The normalized spacial score (nSPS) is 19.1. The fourth-order valence-electron chi connectivity index (χ4n) is 4.59. The van der Waals surface area contributed by atoms with E-state index in [-0.39, 0.29) is 0 Å². The molecule has 2 saturated heterocycles. The third-order valence-electron chi connectivity index (χ3n) is 6.68. The number of likely N-dealkylation sites (tertiary alicyclic amines) is 1. The fraction of sp³-hybridized carbons (Fsp3) is 0.500. The van der Waals surface area contributed by atoms with E-state index in [1.165, 1.54) is 6.20 Å². The number of rotatable bonds is 3. The van der Waals surface area contributed by atoms with Gasteiger partial charge in [0.25, 0.3) is 0 Å². The summed E-state index contributed by atoms with van der Waals surface area (Å²) in [5.41, 5.74) is 3.95. The van der Waals surface area contributed by atoms with Crippen molar-refractivity contribution in [2.75, 3.05) is 26.3 Å². The van der Waals surface area contributed by atoms with Crippen LogP contribution in [0.2, 0.25) is 0 Å². The van der Waals surface area contributed by atoms with Crippen LogP contribution in [0, 0.1) is 19.3 Å². The number of hydrogen-bond donors (Lipinski definition) is 0. The van der Waals surface area contributed by atoms with Gasteiger partial charge in [0.1, 0.15) is 5.69 Å². The molecule has 5 heterocycles. The quantitative estimate of drug-likeness (QED) is 0.627. The van der Waals surface area contributed by atoms with E-state index >= 15 is 0 Å². The molecule has 1 spiro atoms. The number of hydrogen-bond acceptors (Lipinski definition) is 5. The van der Waals surface area contributed by atoms with Crippen LogP contribution in [0.5, 0.6) is 0 Å². The van der Waals surface area contributed by atoms with Crippen molar-refractivity contribution in [2.24, 2.45) is 5.41 Å². The molecule has 164 valence electrons. The zero-order valence-electron chi connectivity index (χ0n) is 17.5. The molecule has 0 unspecified atom stereocenters. The Labute approximate surface area is 178 Å². The Bertz CT molecular complexity index is 1130. The van der Waals surface area contributed by atoms with Crippen LogP contribution >= 0.6 is 0 Å². The molecule has 0 aliphatic carbocycles. The summed E-state index contributed by atoms with van der Waals surface area (Å²) in [4.78, 5) is 10.6. The number of aromatic nitrogens is 4. The van der Waals surface area contributed by atoms with Crippen LogP contribution in [-0.2, 0) is 17.5 Å². The third kappa shape index (κ3) is 3.59. The summed E-state index contributed by atoms with van der Waals surface area (Å²) in [6.07, 6.45) is 0.553. The molecule has 3 aromatic rings. The van der Waals surface area contributed by atoms with Gasteiger partial charge < -0.3 is 4.74 Å². The highest BCUT2D eigenvalue weighted by molar-refractivity contribution is 5.77. The lowest BCUT2D eigenvalue weighted by atomic mass is 9.77. The Kier molecular flexibility index (Phi) is 4.78. The second-order valence-corrected chi connectivity index (χ2v) is 8.75. The zero-order chi connectivity index (χ0) is 21.8. The van der Waals surface area contributed by atoms with Crippen molar-refractivity contribution in [1.82, 2.24) is 24.5 Å². The van der Waals surface area contributed by atoms with E-state index in [0.29, 0.717) is 22.2 Å². The van der Waals surface area contributed by atoms with Crippen molar-refractivity contribution in [3.8, 4) is 11.1 Å². The van der Waals surface area contributed by atoms with Crippen molar-refractivity contribution >= 4 is 5.65 Å². The SMILES string of the molecule is Cc1nc2c(-c3ccnc(C(F)(F)F)c3)cnn2c(C)c1CN1CCC2(CC1)COC2. The second kappa shape index (κ2) is 7.27. The molecule has 0 saturated carbocycles. The minimum Gasteiger partial charge on any atom is -0.380 e. The molecular formula is C22H24F3N5O. The van der Waals surface area contributed by atoms with Crippen molar-refractivity contribution in [2.45, 2.75) is 39.4 Å². The maximum absolute atomic E-state index is 13.1. The van der Waals surface area contributed by atoms with E-state index < -0.39 is 11.9 Å². The summed E-state index contributed by atoms with van der Waals surface area (Å²) in [6, 6.07) is 2.60.